The molecule has 7 heteroatoms. The van der Waals surface area contributed by atoms with Crippen LogP contribution in [0.3, 0.4) is 0 Å². The highest BCUT2D eigenvalue weighted by Crippen LogP contribution is 2.25. The van der Waals surface area contributed by atoms with E-state index in [9.17, 15) is 9.59 Å². The highest BCUT2D eigenvalue weighted by molar-refractivity contribution is 6.30. The summed E-state index contributed by atoms with van der Waals surface area (Å²) in [5, 5.41) is 5.99. The van der Waals surface area contributed by atoms with Crippen molar-refractivity contribution in [3.63, 3.8) is 0 Å². The van der Waals surface area contributed by atoms with Crippen LogP contribution < -0.4 is 20.1 Å². The molecule has 0 bridgehead atoms. The van der Waals surface area contributed by atoms with Crippen molar-refractivity contribution in [3.05, 3.63) is 53.1 Å². The topological polar surface area (TPSA) is 76.7 Å². The Balaban J connectivity index is 1.84. The minimum atomic E-state index is -0.257. The molecule has 0 atom stereocenters. The fourth-order valence-corrected chi connectivity index (χ4v) is 2.22. The van der Waals surface area contributed by atoms with Crippen LogP contribution in [-0.2, 0) is 4.79 Å². The van der Waals surface area contributed by atoms with Crippen LogP contribution in [0.4, 0.5) is 5.69 Å². The first-order valence-corrected chi connectivity index (χ1v) is 7.96. The van der Waals surface area contributed by atoms with Gasteiger partial charge >= 0.3 is 0 Å². The molecule has 0 aromatic heterocycles. The van der Waals surface area contributed by atoms with Gasteiger partial charge in [-0.25, -0.2) is 0 Å². The molecule has 25 heavy (non-hydrogen) atoms. The third kappa shape index (κ3) is 5.69. The number of carbonyl (C=O) groups is 2. The molecular weight excluding hydrogens is 344 g/mol. The lowest BCUT2D eigenvalue weighted by Crippen LogP contribution is -2.27. The second kappa shape index (κ2) is 8.94. The fourth-order valence-electron chi connectivity index (χ4n) is 2.10. The van der Waals surface area contributed by atoms with Gasteiger partial charge in [-0.1, -0.05) is 11.6 Å². The molecule has 132 valence electrons. The maximum Gasteiger partial charge on any atom is 0.251 e. The van der Waals surface area contributed by atoms with Gasteiger partial charge in [-0.3, -0.25) is 9.59 Å². The molecule has 2 amide bonds. The number of carbonyl (C=O) groups excluding carboxylic acids is 2. The van der Waals surface area contributed by atoms with Crippen LogP contribution in [0.15, 0.2) is 42.5 Å². The van der Waals surface area contributed by atoms with Crippen molar-refractivity contribution >= 4 is 29.1 Å². The number of hydrogen-bond acceptors (Lipinski definition) is 4. The molecule has 2 N–H and O–H groups in total. The van der Waals surface area contributed by atoms with Crippen LogP contribution >= 0.6 is 11.6 Å². The van der Waals surface area contributed by atoms with Gasteiger partial charge in [-0.2, -0.15) is 0 Å². The van der Waals surface area contributed by atoms with Gasteiger partial charge < -0.3 is 20.1 Å². The Kier molecular flexibility index (Phi) is 6.65. The molecule has 2 rings (SSSR count). The van der Waals surface area contributed by atoms with Crippen molar-refractivity contribution in [2.45, 2.75) is 6.42 Å². The fraction of sp³-hybridized carbons (Fsp3) is 0.222. The van der Waals surface area contributed by atoms with Crippen LogP contribution in [0, 0.1) is 0 Å². The smallest absolute Gasteiger partial charge is 0.251 e. The van der Waals surface area contributed by atoms with E-state index in [1.165, 1.54) is 14.2 Å². The average molecular weight is 363 g/mol. The van der Waals surface area contributed by atoms with Gasteiger partial charge in [0.05, 0.1) is 14.2 Å². The molecule has 0 saturated carbocycles. The summed E-state index contributed by atoms with van der Waals surface area (Å²) in [6, 6.07) is 11.6. The van der Waals surface area contributed by atoms with E-state index in [-0.39, 0.29) is 24.8 Å². The number of hydrogen-bond donors (Lipinski definition) is 2. The maximum absolute atomic E-state index is 12.0. The Labute approximate surface area is 151 Å². The summed E-state index contributed by atoms with van der Waals surface area (Å²) in [6.45, 7) is 0.217. The normalized spacial score (nSPS) is 10.0. The Hall–Kier alpha value is -2.73. The van der Waals surface area contributed by atoms with E-state index in [4.69, 9.17) is 21.1 Å². The van der Waals surface area contributed by atoms with Crippen molar-refractivity contribution in [1.82, 2.24) is 5.32 Å². The number of nitrogens with one attached hydrogen (secondary N) is 2. The summed E-state index contributed by atoms with van der Waals surface area (Å²) in [7, 11) is 3.07. The van der Waals surface area contributed by atoms with Crippen molar-refractivity contribution < 1.29 is 19.1 Å². The van der Waals surface area contributed by atoms with E-state index in [0.717, 1.165) is 0 Å². The van der Waals surface area contributed by atoms with Gasteiger partial charge in [0.1, 0.15) is 11.5 Å². The number of ether oxygens (including phenoxy) is 2. The Bertz CT molecular complexity index is 725. The molecular formula is C18H19ClN2O4. The zero-order valence-corrected chi connectivity index (χ0v) is 14.7. The summed E-state index contributed by atoms with van der Waals surface area (Å²) in [5.41, 5.74) is 1.05. The molecule has 0 aliphatic rings. The molecule has 2 aromatic rings. The first-order valence-electron chi connectivity index (χ1n) is 7.58. The standard InChI is InChI=1S/C18H19ClN2O4/c1-24-15-9-14(10-16(11-15)25-2)21-17(22)7-8-20-18(23)12-3-5-13(19)6-4-12/h3-6,9-11H,7-8H2,1-2H3,(H,20,23)(H,21,22). The lowest BCUT2D eigenvalue weighted by molar-refractivity contribution is -0.116. The lowest BCUT2D eigenvalue weighted by Gasteiger charge is -2.10. The van der Waals surface area contributed by atoms with Gasteiger partial charge in [0.2, 0.25) is 5.91 Å². The van der Waals surface area contributed by atoms with Gasteiger partial charge in [-0.15, -0.1) is 0 Å². The molecule has 0 heterocycles. The Morgan fingerprint density at radius 2 is 1.60 bits per heavy atom. The van der Waals surface area contributed by atoms with E-state index >= 15 is 0 Å². The number of rotatable bonds is 7. The third-order valence-electron chi connectivity index (χ3n) is 3.38. The number of halogens is 1. The van der Waals surface area contributed by atoms with E-state index in [2.05, 4.69) is 10.6 Å². The summed E-state index contributed by atoms with van der Waals surface area (Å²) >= 11 is 5.78. The maximum atomic E-state index is 12.0. The van der Waals surface area contributed by atoms with Gasteiger partial charge in [-0.05, 0) is 24.3 Å². The van der Waals surface area contributed by atoms with E-state index in [0.29, 0.717) is 27.8 Å². The lowest BCUT2D eigenvalue weighted by atomic mass is 10.2. The monoisotopic (exact) mass is 362 g/mol. The predicted molar refractivity (Wildman–Crippen MR) is 96.6 cm³/mol. The number of anilines is 1. The average Bonchev–Trinajstić information content (AvgIpc) is 2.61. The summed E-state index contributed by atoms with van der Waals surface area (Å²) in [6.07, 6.45) is 0.138. The molecule has 6 nitrogen and oxygen atoms in total. The van der Waals surface area contributed by atoms with E-state index < -0.39 is 0 Å². The molecule has 0 aliphatic carbocycles. The van der Waals surface area contributed by atoms with E-state index in [1.807, 2.05) is 0 Å². The quantitative estimate of drug-likeness (QED) is 0.793. The van der Waals surface area contributed by atoms with Crippen molar-refractivity contribution in [3.8, 4) is 11.5 Å². The minimum Gasteiger partial charge on any atom is -0.497 e. The van der Waals surface area contributed by atoms with E-state index in [1.54, 1.807) is 42.5 Å². The second-order valence-electron chi connectivity index (χ2n) is 5.16. The highest BCUT2D eigenvalue weighted by atomic mass is 35.5. The number of methoxy groups -OCH3 is 2. The largest absolute Gasteiger partial charge is 0.497 e. The van der Waals surface area contributed by atoms with Crippen LogP contribution in [0.1, 0.15) is 16.8 Å². The molecule has 0 aliphatic heterocycles. The van der Waals surface area contributed by atoms with Crippen LogP contribution in [-0.4, -0.2) is 32.6 Å². The summed E-state index contributed by atoms with van der Waals surface area (Å²) in [4.78, 5) is 24.0. The molecule has 0 spiro atoms. The number of amides is 2. The van der Waals surface area contributed by atoms with Gasteiger partial charge in [0.15, 0.2) is 0 Å². The molecule has 0 saturated heterocycles. The summed E-state index contributed by atoms with van der Waals surface area (Å²) < 4.78 is 10.3. The first-order chi connectivity index (χ1) is 12.0. The Morgan fingerprint density at radius 3 is 2.16 bits per heavy atom. The zero-order valence-electron chi connectivity index (χ0n) is 14.0. The Morgan fingerprint density at radius 1 is 1.00 bits per heavy atom. The molecule has 0 radical (unpaired) electrons. The first kappa shape index (κ1) is 18.6. The highest BCUT2D eigenvalue weighted by Gasteiger charge is 2.08. The van der Waals surface area contributed by atoms with Crippen LogP contribution in [0.2, 0.25) is 5.02 Å². The summed E-state index contributed by atoms with van der Waals surface area (Å²) in [5.74, 6) is 0.663. The number of benzene rings is 2. The van der Waals surface area contributed by atoms with Crippen LogP contribution in [0.5, 0.6) is 11.5 Å². The van der Waals surface area contributed by atoms with Crippen molar-refractivity contribution in [1.29, 1.82) is 0 Å². The van der Waals surface area contributed by atoms with Gasteiger partial charge in [0.25, 0.3) is 5.91 Å². The van der Waals surface area contributed by atoms with Crippen molar-refractivity contribution in [2.75, 3.05) is 26.1 Å². The minimum absolute atomic E-state index is 0.138. The van der Waals surface area contributed by atoms with Crippen molar-refractivity contribution in [2.24, 2.45) is 0 Å². The molecule has 0 unspecified atom stereocenters. The molecule has 0 fully saturated rings. The van der Waals surface area contributed by atoms with Crippen LogP contribution in [0.25, 0.3) is 0 Å². The zero-order chi connectivity index (χ0) is 18.2. The van der Waals surface area contributed by atoms with Gasteiger partial charge in [0, 0.05) is 47.4 Å². The molecule has 2 aromatic carbocycles. The second-order valence-corrected chi connectivity index (χ2v) is 5.60. The third-order valence-corrected chi connectivity index (χ3v) is 3.63. The predicted octanol–water partition coefficient (Wildman–Crippen LogP) is 3.12. The SMILES string of the molecule is COc1cc(NC(=O)CCNC(=O)c2ccc(Cl)cc2)cc(OC)c1.